The molecule has 0 radical (unpaired) electrons. The van der Waals surface area contributed by atoms with Crippen molar-refractivity contribution in [2.24, 2.45) is 9.50 Å². The first-order valence-electron chi connectivity index (χ1n) is 8.10. The first kappa shape index (κ1) is 27.3. The Bertz CT molecular complexity index is 1420. The van der Waals surface area contributed by atoms with E-state index < -0.39 is 19.8 Å². The van der Waals surface area contributed by atoms with Crippen molar-refractivity contribution in [2.45, 2.75) is 26.3 Å². The third-order valence-electron chi connectivity index (χ3n) is 3.80. The van der Waals surface area contributed by atoms with Gasteiger partial charge in [-0.3, -0.25) is 5.41 Å². The molecule has 0 spiro atoms. The molecule has 0 saturated carbocycles. The second kappa shape index (κ2) is 10.5. The Morgan fingerprint density at radius 2 is 1.91 bits per heavy atom. The van der Waals surface area contributed by atoms with Crippen molar-refractivity contribution in [2.75, 3.05) is 6.26 Å². The lowest BCUT2D eigenvalue weighted by molar-refractivity contribution is 0.597. The largest absolute Gasteiger partial charge is 0.383 e. The van der Waals surface area contributed by atoms with Gasteiger partial charge in [-0.2, -0.15) is 8.42 Å². The average molecular weight is 661 g/mol. The van der Waals surface area contributed by atoms with E-state index in [1.165, 1.54) is 30.0 Å². The predicted molar refractivity (Wildman–Crippen MR) is 139 cm³/mol. The third kappa shape index (κ3) is 5.57. The summed E-state index contributed by atoms with van der Waals surface area (Å²) in [6.07, 6.45) is 2.81. The summed E-state index contributed by atoms with van der Waals surface area (Å²) in [4.78, 5) is 4.30. The van der Waals surface area contributed by atoms with E-state index in [4.69, 9.17) is 22.7 Å². The first-order valence-corrected chi connectivity index (χ1v) is 15.1. The van der Waals surface area contributed by atoms with Crippen LogP contribution >= 0.6 is 66.6 Å². The highest BCUT2D eigenvalue weighted by Crippen LogP contribution is 2.39. The fraction of sp³-hybridized carbons (Fsp3) is 0.111. The van der Waals surface area contributed by atoms with Crippen molar-refractivity contribution >= 4 is 92.1 Å². The van der Waals surface area contributed by atoms with Crippen LogP contribution < -0.4 is 5.73 Å². The molecule has 3 aromatic rings. The number of hydrogen-bond acceptors (Lipinski definition) is 7. The summed E-state index contributed by atoms with van der Waals surface area (Å²) in [5.41, 5.74) is 5.62. The van der Waals surface area contributed by atoms with Crippen molar-refractivity contribution < 1.29 is 12.6 Å². The van der Waals surface area contributed by atoms with Gasteiger partial charge in [0.25, 0.3) is 10.0 Å². The van der Waals surface area contributed by atoms with Crippen molar-refractivity contribution in [3.05, 3.63) is 61.6 Å². The third-order valence-corrected chi connectivity index (χ3v) is 12.2. The van der Waals surface area contributed by atoms with Crippen molar-refractivity contribution in [1.29, 1.82) is 5.41 Å². The van der Waals surface area contributed by atoms with Gasteiger partial charge in [-0.25, -0.2) is 9.19 Å². The average Bonchev–Trinajstić information content (AvgIpc) is 3.15. The lowest BCUT2D eigenvalue weighted by atomic mass is 10.4. The summed E-state index contributed by atoms with van der Waals surface area (Å²) in [5.74, 6) is -0.212. The van der Waals surface area contributed by atoms with Crippen LogP contribution in [-0.4, -0.2) is 29.7 Å². The lowest BCUT2D eigenvalue weighted by Gasteiger charge is -2.12. The maximum atomic E-state index is 14.4. The summed E-state index contributed by atoms with van der Waals surface area (Å²) in [6, 6.07) is 9.15. The van der Waals surface area contributed by atoms with Gasteiger partial charge in [0.1, 0.15) is 25.6 Å². The molecule has 0 aliphatic heterocycles. The van der Waals surface area contributed by atoms with Crippen molar-refractivity contribution in [3.8, 4) is 0 Å². The zero-order valence-corrected chi connectivity index (χ0v) is 22.7. The summed E-state index contributed by atoms with van der Waals surface area (Å²) in [5, 5.41) is 7.81. The molecule has 2 heterocycles. The van der Waals surface area contributed by atoms with E-state index in [-0.39, 0.29) is 37.6 Å². The smallest absolute Gasteiger partial charge is 0.292 e. The quantitative estimate of drug-likeness (QED) is 0.140. The first-order chi connectivity index (χ1) is 14.5. The zero-order valence-electron chi connectivity index (χ0n) is 15.5. The second-order valence-corrected chi connectivity index (χ2v) is 14.1. The van der Waals surface area contributed by atoms with Crippen LogP contribution in [0.3, 0.4) is 0 Å². The fourth-order valence-electron chi connectivity index (χ4n) is 2.40. The Hall–Kier alpha value is -0.960. The van der Waals surface area contributed by atoms with Gasteiger partial charge < -0.3 is 5.73 Å². The summed E-state index contributed by atoms with van der Waals surface area (Å²) >= 11 is 14.8. The van der Waals surface area contributed by atoms with Gasteiger partial charge in [-0.15, -0.1) is 23.1 Å². The second-order valence-electron chi connectivity index (χ2n) is 5.86. The Morgan fingerprint density at radius 1 is 1.22 bits per heavy atom. The highest BCUT2D eigenvalue weighted by Gasteiger charge is 2.28. The van der Waals surface area contributed by atoms with Gasteiger partial charge in [-0.1, -0.05) is 44.8 Å². The highest BCUT2D eigenvalue weighted by atomic mass is 79.9. The van der Waals surface area contributed by atoms with Crippen molar-refractivity contribution in [3.63, 3.8) is 0 Å². The summed E-state index contributed by atoms with van der Waals surface area (Å²) in [6.45, 7) is 0. The van der Waals surface area contributed by atoms with Gasteiger partial charge in [-0.05, 0) is 52.5 Å². The Morgan fingerprint density at radius 3 is 2.47 bits per heavy atom. The fourth-order valence-corrected chi connectivity index (χ4v) is 10.1. The number of benzene rings is 1. The molecule has 7 nitrogen and oxygen atoms in total. The molecule has 172 valence electrons. The minimum absolute atomic E-state index is 0. The number of rotatable bonds is 6. The Labute approximate surface area is 217 Å². The van der Waals surface area contributed by atoms with Crippen LogP contribution in [0.2, 0.25) is 5.15 Å². The number of nitrogen functional groups attached to an aromatic ring is 1. The van der Waals surface area contributed by atoms with Crippen LogP contribution in [0.4, 0.5) is 0 Å². The van der Waals surface area contributed by atoms with E-state index in [1.807, 2.05) is 0 Å². The molecule has 1 aromatic carbocycles. The van der Waals surface area contributed by atoms with E-state index in [9.17, 15) is 12.6 Å². The number of halogens is 3. The molecule has 0 saturated heterocycles. The van der Waals surface area contributed by atoms with Gasteiger partial charge in [0.2, 0.25) is 0 Å². The molecule has 3 N–H and O–H groups in total. The molecule has 0 bridgehead atoms. The molecule has 0 aliphatic rings. The molecule has 2 aromatic heterocycles. The van der Waals surface area contributed by atoms with Gasteiger partial charge >= 0.3 is 0 Å². The Balaban J connectivity index is 0.00000363. The van der Waals surface area contributed by atoms with Crippen LogP contribution in [0, 0.1) is 5.41 Å². The van der Waals surface area contributed by atoms with Crippen LogP contribution in [0.25, 0.3) is 0 Å². The predicted octanol–water partition coefficient (Wildman–Crippen LogP) is 6.24. The maximum absolute atomic E-state index is 14.4. The molecular formula is C18H17Br2ClN4O3S4. The number of pyridine rings is 1. The van der Waals surface area contributed by atoms with Gasteiger partial charge in [0.05, 0.1) is 23.4 Å². The van der Waals surface area contributed by atoms with E-state index in [0.717, 1.165) is 17.5 Å². The van der Waals surface area contributed by atoms with Crippen LogP contribution in [0.5, 0.6) is 0 Å². The number of aromatic nitrogens is 1. The summed E-state index contributed by atoms with van der Waals surface area (Å²) < 4.78 is 46.0. The molecule has 1 atom stereocenters. The van der Waals surface area contributed by atoms with E-state index in [0.29, 0.717) is 13.6 Å². The molecule has 14 heteroatoms. The molecule has 0 fully saturated rings. The topological polar surface area (TPSA) is 126 Å². The van der Waals surface area contributed by atoms with Crippen molar-refractivity contribution in [1.82, 2.24) is 4.98 Å². The van der Waals surface area contributed by atoms with Crippen LogP contribution in [0.1, 0.15) is 12.3 Å². The Kier molecular flexibility index (Phi) is 8.98. The number of nitrogens with two attached hydrogens (primary N) is 1. The molecular weight excluding hydrogens is 644 g/mol. The molecule has 3 rings (SSSR count). The number of amidine groups is 1. The molecule has 1 unspecified atom stereocenters. The number of nitrogens with zero attached hydrogens (tertiary/aromatic N) is 2. The maximum Gasteiger partial charge on any atom is 0.292 e. The van der Waals surface area contributed by atoms with Crippen LogP contribution in [-0.2, 0) is 19.8 Å². The number of hydrogen-bond donors (Lipinski definition) is 2. The van der Waals surface area contributed by atoms with Crippen LogP contribution in [0.15, 0.2) is 74.2 Å². The molecule has 32 heavy (non-hydrogen) atoms. The highest BCUT2D eigenvalue weighted by molar-refractivity contribution is 9.10. The number of thioether (sulfide) groups is 1. The minimum atomic E-state index is -4.41. The lowest BCUT2D eigenvalue weighted by Crippen LogP contribution is -2.10. The van der Waals surface area contributed by atoms with E-state index >= 15 is 0 Å². The SMILES string of the molecule is C.CSc1sc(C(=N)N)cc1S(=O)(=NS(=O)(=O)c1cnc(Cl)c(Br)c1)c1cccc(Br)c1. The number of sulfonamides is 1. The van der Waals surface area contributed by atoms with E-state index in [2.05, 4.69) is 40.6 Å². The minimum Gasteiger partial charge on any atom is -0.383 e. The number of thiophene rings is 1. The number of nitrogens with one attached hydrogen (secondary N) is 1. The van der Waals surface area contributed by atoms with Gasteiger partial charge in [0, 0.05) is 10.7 Å². The monoisotopic (exact) mass is 658 g/mol. The van der Waals surface area contributed by atoms with Gasteiger partial charge in [0.15, 0.2) is 0 Å². The summed E-state index contributed by atoms with van der Waals surface area (Å²) in [7, 11) is -8.09. The normalized spacial score (nSPS) is 13.1. The standard InChI is InChI=1S/C17H13Br2ClN4O3S4.CH4/c1-28-17-14(7-13(29-17)16(21)22)30(25,10-4-2-3-9(18)5-10)24-31(26,27)11-6-12(19)15(20)23-8-11;/h2-8H,1H3,(H3,21,22);1H4. The zero-order chi connectivity index (χ0) is 23.0. The molecule has 0 aliphatic carbocycles. The molecule has 0 amide bonds. The van der Waals surface area contributed by atoms with E-state index in [1.54, 1.807) is 24.5 Å².